The molecule has 0 bridgehead atoms. The number of imidazole rings is 1. The molecule has 10 aromatic heterocycles. The third kappa shape index (κ3) is 25.1. The number of carboxylic acid groups (broad SMARTS) is 1. The number of Topliss-reactive ketones (excluding diaryl/α,β-unsaturated/α-hetero) is 6. The van der Waals surface area contributed by atoms with E-state index in [-0.39, 0.29) is 103 Å². The maximum Gasteiger partial charge on any atom is 0.471 e. The minimum absolute atomic E-state index is 0.0243. The van der Waals surface area contributed by atoms with Gasteiger partial charge in [0.15, 0.2) is 40.3 Å². The quantitative estimate of drug-likeness (QED) is 0.00908. The number of pyridine rings is 5. The molecule has 44 heteroatoms. The van der Waals surface area contributed by atoms with Gasteiger partial charge in [-0.05, 0) is 175 Å². The number of carbonyl (C=O) groups excluding carboxylic acids is 10. The second-order valence-electron chi connectivity index (χ2n) is 33.3. The Labute approximate surface area is 857 Å². The van der Waals surface area contributed by atoms with E-state index in [1.807, 2.05) is 89.7 Å². The fourth-order valence-corrected chi connectivity index (χ4v) is 18.4. The third-order valence-electron chi connectivity index (χ3n) is 23.3. The number of carboxylic acids is 1. The summed E-state index contributed by atoms with van der Waals surface area (Å²) in [6, 6.07) is 43.7. The van der Waals surface area contributed by atoms with E-state index in [0.29, 0.717) is 96.1 Å². The summed E-state index contributed by atoms with van der Waals surface area (Å²) in [5.74, 6) is -6.07. The van der Waals surface area contributed by atoms with Crippen molar-refractivity contribution >= 4 is 198 Å². The van der Waals surface area contributed by atoms with Gasteiger partial charge in [0.2, 0.25) is 17.6 Å². The van der Waals surface area contributed by atoms with E-state index >= 15 is 0 Å². The SMILES string of the molecule is C=C(N=[N+]=[N-])c1cccc(Cl)c1.CC(=O)c1nn(CC(=O)N2C[C@H](F)C[C@H]2C(=O)Cc2cccc(Br)n2)c2c1ccn1cc(-c3cccc(Cl)c3)nc21.CC(=O)c1nn(CC(=O)O)c2c1ccn1cc(-c3cccc(Cl)c3)cc21.COC(=O)C[N+]1=NC(C(C)=O)C2=C1C1=CC(c3cccc(Cl)c3)=CC1C=C2.COC(=O)Cn1nc(C(C)=O)c2ccncc21.O=C(Cc1cccc(Br)n1)[C@@H]1C[C@@H](F)CN1C(=O)C(F)(F)F. The summed E-state index contributed by atoms with van der Waals surface area (Å²) in [6.07, 6.45) is 9.87. The molecule has 19 rings (SSSR count). The smallest absolute Gasteiger partial charge is 0.471 e. The van der Waals surface area contributed by atoms with Crippen LogP contribution in [0.2, 0.25) is 20.1 Å². The van der Waals surface area contributed by atoms with Crippen LogP contribution in [0.3, 0.4) is 0 Å². The summed E-state index contributed by atoms with van der Waals surface area (Å²) in [4.78, 5) is 154. The molecule has 13 heterocycles. The molecule has 3 aliphatic heterocycles. The number of ether oxygens (including phenoxy) is 2. The fourth-order valence-electron chi connectivity index (χ4n) is 16.8. The van der Waals surface area contributed by atoms with Crippen LogP contribution in [0.1, 0.15) is 94.5 Å². The molecule has 2 unspecified atom stereocenters. The number of fused-ring (bicyclic) bond motifs is 9. The largest absolute Gasteiger partial charge is 0.480 e. The number of esters is 2. The fraction of sp³-hybridized carbons (Fsp3) is 0.228. The highest BCUT2D eigenvalue weighted by atomic mass is 79.9. The van der Waals surface area contributed by atoms with Gasteiger partial charge in [-0.2, -0.15) is 28.5 Å². The van der Waals surface area contributed by atoms with Gasteiger partial charge in [0.05, 0.1) is 86.2 Å². The third-order valence-corrected chi connectivity index (χ3v) is 25.1. The Balaban J connectivity index is 0.000000143. The number of allylic oxidation sites excluding steroid dienone is 5. The van der Waals surface area contributed by atoms with Crippen molar-refractivity contribution < 1.29 is 94.0 Å². The van der Waals surface area contributed by atoms with Gasteiger partial charge in [0.25, 0.3) is 6.54 Å². The van der Waals surface area contributed by atoms with Crippen LogP contribution in [-0.2, 0) is 80.3 Å². The van der Waals surface area contributed by atoms with Gasteiger partial charge >= 0.3 is 30.0 Å². The lowest BCUT2D eigenvalue weighted by molar-refractivity contribution is -0.529. The van der Waals surface area contributed by atoms with Crippen molar-refractivity contribution in [3.8, 4) is 22.4 Å². The predicted octanol–water partition coefficient (Wildman–Crippen LogP) is 19.6. The van der Waals surface area contributed by atoms with Crippen molar-refractivity contribution in [2.75, 3.05) is 33.9 Å². The first-order chi connectivity index (χ1) is 69.1. The Morgan fingerprint density at radius 3 is 1.69 bits per heavy atom. The number of aliphatic carboxylic acids is 1. The molecule has 2 aliphatic carbocycles. The number of azo groups is 2. The molecule has 5 aliphatic rings. The van der Waals surface area contributed by atoms with Crippen molar-refractivity contribution in [2.45, 2.75) is 110 Å². The number of aromatic nitrogens is 12. The molecule has 0 radical (unpaired) electrons. The zero-order valence-corrected chi connectivity index (χ0v) is 83.6. The molecular weight excluding hydrogens is 2100 g/mol. The molecule has 0 spiro atoms. The topological polar surface area (TPSA) is 411 Å². The first kappa shape index (κ1) is 106. The number of hydrogen-bond acceptors (Lipinski definition) is 22. The lowest BCUT2D eigenvalue weighted by Crippen LogP contribution is -2.47. The summed E-state index contributed by atoms with van der Waals surface area (Å²) in [5, 5.41) is 34.2. The number of halogens is 11. The standard InChI is InChI=1S/C29H23BrClFN6O3.C21H18ClN2O3.C19H14ClN3O3.C13H11BrF4N2O2.C11H11N3O3.C8H6ClN3/c1-16(39)27-21-8-9-36-14-22(17-4-2-5-18(31)10-17)34-29(36)28(21)38(35-27)15-26(41)37-13-19(32)11-23(37)24(40)12-20-6-3-7-25(30)33-20;1-12(25)20-17-7-6-14-8-15(13-4-3-5-16(22)9-13)10-18(14)21(17)24(23-20)11-19(26)27-2;1-11(24)18-15-5-6-22-9-13(12-3-2-4-14(20)7-12)8-16(22)19(15)23(21-18)10-17(25)26;14-11-3-1-2-8(19-11)5-10(21)9-4-7(15)6-20(9)12(22)13(16,17)18;1-7(15)11-8-3-4-12-5-9(8)14(13-11)6-10(16)17-2;1-6(11-12-10)7-3-2-4-8(9)5-7/h2-10,14,19,23H,11-13,15H2,1H3;3-10,14,20H,11H2,1-2H3;2-9H,10H2,1H3,(H,25,26);1-3,7,9H,4-6H2;3-5H,6H2,1-2H3;2-5H,1H2/q;+1;;;;/t19-,23+;;;7-,9+;;/m1..1../s1. The molecule has 4 aromatic carbocycles. The molecule has 6 atom stereocenters. The highest BCUT2D eigenvalue weighted by molar-refractivity contribution is 9.10. The Morgan fingerprint density at radius 2 is 1.12 bits per heavy atom. The van der Waals surface area contributed by atoms with Crippen LogP contribution < -0.4 is 0 Å². The molecule has 145 heavy (non-hydrogen) atoms. The van der Waals surface area contributed by atoms with E-state index in [0.717, 1.165) is 55.8 Å². The van der Waals surface area contributed by atoms with Crippen LogP contribution in [0.5, 0.6) is 0 Å². The van der Waals surface area contributed by atoms with Crippen molar-refractivity contribution in [3.05, 3.63) is 322 Å². The lowest BCUT2D eigenvalue weighted by Gasteiger charge is -2.24. The Morgan fingerprint density at radius 1 is 0.593 bits per heavy atom. The van der Waals surface area contributed by atoms with E-state index in [1.54, 1.807) is 119 Å². The Kier molecular flexibility index (Phi) is 33.6. The van der Waals surface area contributed by atoms with E-state index < -0.39 is 85.1 Å². The average Bonchev–Trinajstić information content (AvgIpc) is 1.59. The minimum atomic E-state index is -5.13. The Hall–Kier alpha value is -15.1. The maximum atomic E-state index is 14.6. The van der Waals surface area contributed by atoms with Crippen LogP contribution in [0.15, 0.2) is 262 Å². The number of amides is 2. The lowest BCUT2D eigenvalue weighted by atomic mass is 9.88. The number of rotatable bonds is 23. The summed E-state index contributed by atoms with van der Waals surface area (Å²) < 4.78 is 85.4. The molecule has 2 saturated heterocycles. The van der Waals surface area contributed by atoms with Crippen molar-refractivity contribution in [1.82, 2.24) is 67.9 Å². The minimum Gasteiger partial charge on any atom is -0.480 e. The monoisotopic (exact) mass is 2180 g/mol. The number of azide groups is 1. The van der Waals surface area contributed by atoms with Gasteiger partial charge in [0, 0.05) is 145 Å². The predicted molar refractivity (Wildman–Crippen MR) is 535 cm³/mol. The van der Waals surface area contributed by atoms with Crippen LogP contribution in [0, 0.1) is 5.92 Å². The van der Waals surface area contributed by atoms with Crippen LogP contribution >= 0.6 is 78.3 Å². The Bertz CT molecular complexity index is 7820. The number of carbonyl (C=O) groups is 11. The van der Waals surface area contributed by atoms with Gasteiger partial charge in [0.1, 0.15) is 63.8 Å². The number of likely N-dealkylation sites (tertiary alicyclic amines) is 2. The van der Waals surface area contributed by atoms with Crippen LogP contribution in [-0.4, -0.2) is 213 Å². The zero-order valence-electron chi connectivity index (χ0n) is 77.4. The van der Waals surface area contributed by atoms with Gasteiger partial charge in [-0.25, -0.2) is 28.5 Å². The maximum absolute atomic E-state index is 14.6. The van der Waals surface area contributed by atoms with Gasteiger partial charge in [-0.1, -0.05) is 142 Å². The molecule has 742 valence electrons. The summed E-state index contributed by atoms with van der Waals surface area (Å²) >= 11 is 30.5. The number of hydrogen-bond donors (Lipinski definition) is 1. The number of nitrogens with zero attached hydrogens (tertiary/aromatic N) is 19. The number of ketones is 6. The molecule has 33 nitrogen and oxygen atoms in total. The van der Waals surface area contributed by atoms with E-state index in [9.17, 15) is 79.8 Å². The molecular formula is C101H83Br2Cl4F5N19O14+. The van der Waals surface area contributed by atoms with E-state index in [1.165, 1.54) is 66.9 Å². The summed E-state index contributed by atoms with van der Waals surface area (Å²) in [6.45, 7) is 7.76. The van der Waals surface area contributed by atoms with E-state index in [2.05, 4.69) is 107 Å². The molecule has 2 amide bonds. The molecule has 14 aromatic rings. The van der Waals surface area contributed by atoms with Gasteiger partial charge in [-0.15, -0.1) is 0 Å². The number of alkyl halides is 5. The molecule has 0 saturated carbocycles. The van der Waals surface area contributed by atoms with Crippen molar-refractivity contribution in [1.29, 1.82) is 0 Å². The first-order valence-corrected chi connectivity index (χ1v) is 47.2. The van der Waals surface area contributed by atoms with Crippen molar-refractivity contribution in [2.24, 2.45) is 16.1 Å². The van der Waals surface area contributed by atoms with Gasteiger partial charge in [-0.3, -0.25) is 67.0 Å². The summed E-state index contributed by atoms with van der Waals surface area (Å²) in [5.41, 5.74) is 22.0. The molecule has 1 N–H and O–H groups in total. The van der Waals surface area contributed by atoms with Gasteiger partial charge < -0.3 is 33.2 Å². The van der Waals surface area contributed by atoms with Crippen molar-refractivity contribution in [3.63, 3.8) is 0 Å². The summed E-state index contributed by atoms with van der Waals surface area (Å²) in [7, 11) is 2.64. The highest BCUT2D eigenvalue weighted by Gasteiger charge is 2.51. The number of methoxy groups -OCH3 is 2. The first-order valence-electron chi connectivity index (χ1n) is 44.1. The normalized spacial score (nSPS) is 16.4. The zero-order chi connectivity index (χ0) is 104. The van der Waals surface area contributed by atoms with Crippen LogP contribution in [0.25, 0.3) is 88.0 Å². The van der Waals surface area contributed by atoms with Crippen LogP contribution in [0.4, 0.5) is 22.0 Å². The second kappa shape index (κ2) is 46.1. The average molecular weight is 2180 g/mol. The number of benzene rings is 4. The molecule has 2 fully saturated rings. The highest BCUT2D eigenvalue weighted by Crippen LogP contribution is 2.45. The van der Waals surface area contributed by atoms with E-state index in [4.69, 9.17) is 61.7 Å². The second-order valence-corrected chi connectivity index (χ2v) is 36.7.